The van der Waals surface area contributed by atoms with Gasteiger partial charge in [-0.25, -0.2) is 0 Å². The van der Waals surface area contributed by atoms with Gasteiger partial charge in [0.15, 0.2) is 0 Å². The summed E-state index contributed by atoms with van der Waals surface area (Å²) in [6.45, 7) is 0.841. The maximum absolute atomic E-state index is 12.9. The third kappa shape index (κ3) is 2.44. The summed E-state index contributed by atoms with van der Waals surface area (Å²) < 4.78 is 38.8. The zero-order valence-corrected chi connectivity index (χ0v) is 11.2. The van der Waals surface area contributed by atoms with Crippen LogP contribution in [0, 0.1) is 5.92 Å². The van der Waals surface area contributed by atoms with Crippen LogP contribution in [0.15, 0.2) is 24.3 Å². The van der Waals surface area contributed by atoms with Crippen molar-refractivity contribution in [2.24, 2.45) is 11.7 Å². The van der Waals surface area contributed by atoms with E-state index < -0.39 is 12.1 Å². The summed E-state index contributed by atoms with van der Waals surface area (Å²) >= 11 is 0. The monoisotopic (exact) mass is 284 g/mol. The van der Waals surface area contributed by atoms with E-state index in [9.17, 15) is 13.2 Å². The van der Waals surface area contributed by atoms with Crippen LogP contribution in [0.1, 0.15) is 42.5 Å². The highest BCUT2D eigenvalue weighted by atomic mass is 19.4. The minimum absolute atomic E-state index is 0.0475. The van der Waals surface area contributed by atoms with Gasteiger partial charge >= 0.3 is 6.18 Å². The number of hydrogen-bond acceptors (Lipinski definition) is 2. The number of rotatable bonds is 1. The van der Waals surface area contributed by atoms with Crippen molar-refractivity contribution in [1.29, 1.82) is 0 Å². The number of benzene rings is 1. The first-order valence-corrected chi connectivity index (χ1v) is 7.12. The summed E-state index contributed by atoms with van der Waals surface area (Å²) in [4.78, 5) is 1.98. The normalized spacial score (nSPS) is 31.3. The summed E-state index contributed by atoms with van der Waals surface area (Å²) in [7, 11) is 0. The van der Waals surface area contributed by atoms with E-state index >= 15 is 0 Å². The van der Waals surface area contributed by atoms with Gasteiger partial charge in [0, 0.05) is 18.6 Å². The average Bonchev–Trinajstić information content (AvgIpc) is 2.76. The fraction of sp³-hybridized carbons (Fsp3) is 0.600. The summed E-state index contributed by atoms with van der Waals surface area (Å²) in [5.74, 6) is -1.19. The third-order valence-corrected chi connectivity index (χ3v) is 4.59. The topological polar surface area (TPSA) is 29.3 Å². The number of hydrogen-bond donors (Lipinski definition) is 1. The van der Waals surface area contributed by atoms with Gasteiger partial charge in [-0.15, -0.1) is 0 Å². The molecule has 2 nitrogen and oxygen atoms in total. The SMILES string of the molecule is NC1CC(N2CCCC(C(F)(F)F)C2)c2ccccc21. The predicted octanol–water partition coefficient (Wildman–Crippen LogP) is 3.41. The van der Waals surface area contributed by atoms with Gasteiger partial charge in [0.1, 0.15) is 0 Å². The van der Waals surface area contributed by atoms with Crippen LogP contribution in [-0.4, -0.2) is 24.2 Å². The van der Waals surface area contributed by atoms with Crippen LogP contribution >= 0.6 is 0 Å². The highest BCUT2D eigenvalue weighted by Crippen LogP contribution is 2.43. The number of halogens is 3. The minimum atomic E-state index is -4.08. The van der Waals surface area contributed by atoms with Crippen molar-refractivity contribution in [3.8, 4) is 0 Å². The molecule has 110 valence electrons. The Bertz CT molecular complexity index is 486. The maximum Gasteiger partial charge on any atom is 0.393 e. The summed E-state index contributed by atoms with van der Waals surface area (Å²) in [6, 6.07) is 7.87. The Kier molecular flexibility index (Phi) is 3.50. The zero-order valence-electron chi connectivity index (χ0n) is 11.2. The van der Waals surface area contributed by atoms with Crippen LogP contribution in [0.4, 0.5) is 13.2 Å². The van der Waals surface area contributed by atoms with Crippen LogP contribution in [0.2, 0.25) is 0 Å². The Hall–Kier alpha value is -1.07. The molecule has 0 saturated carbocycles. The van der Waals surface area contributed by atoms with E-state index in [4.69, 9.17) is 5.73 Å². The van der Waals surface area contributed by atoms with Crippen molar-refractivity contribution in [2.75, 3.05) is 13.1 Å². The van der Waals surface area contributed by atoms with Gasteiger partial charge in [-0.1, -0.05) is 24.3 Å². The van der Waals surface area contributed by atoms with Crippen molar-refractivity contribution < 1.29 is 13.2 Å². The number of piperidine rings is 1. The molecule has 1 aliphatic heterocycles. The summed E-state index contributed by atoms with van der Waals surface area (Å²) in [5.41, 5.74) is 8.32. The molecule has 0 amide bonds. The van der Waals surface area contributed by atoms with E-state index in [-0.39, 0.29) is 25.0 Å². The molecule has 2 aliphatic rings. The van der Waals surface area contributed by atoms with Gasteiger partial charge in [0.25, 0.3) is 0 Å². The lowest BCUT2D eigenvalue weighted by Gasteiger charge is -2.37. The average molecular weight is 284 g/mol. The molecule has 1 saturated heterocycles. The molecule has 1 heterocycles. The number of alkyl halides is 3. The van der Waals surface area contributed by atoms with E-state index in [1.807, 2.05) is 29.2 Å². The standard InChI is InChI=1S/C15H19F3N2/c16-15(17,18)10-4-3-7-20(9-10)14-8-13(19)11-5-1-2-6-12(11)14/h1-2,5-6,10,13-14H,3-4,7-9,19H2. The Morgan fingerprint density at radius 3 is 2.55 bits per heavy atom. The van der Waals surface area contributed by atoms with Gasteiger partial charge in [-0.2, -0.15) is 13.2 Å². The van der Waals surface area contributed by atoms with Gasteiger partial charge in [-0.3, -0.25) is 4.90 Å². The number of likely N-dealkylation sites (tertiary alicyclic amines) is 1. The second kappa shape index (κ2) is 5.04. The maximum atomic E-state index is 12.9. The fourth-order valence-corrected chi connectivity index (χ4v) is 3.55. The van der Waals surface area contributed by atoms with Crippen LogP contribution < -0.4 is 5.73 Å². The Morgan fingerprint density at radius 1 is 1.15 bits per heavy atom. The smallest absolute Gasteiger partial charge is 0.324 e. The van der Waals surface area contributed by atoms with Gasteiger partial charge in [0.05, 0.1) is 5.92 Å². The van der Waals surface area contributed by atoms with Gasteiger partial charge in [0.2, 0.25) is 0 Å². The predicted molar refractivity (Wildman–Crippen MR) is 71.1 cm³/mol. The number of nitrogens with two attached hydrogens (primary N) is 1. The quantitative estimate of drug-likeness (QED) is 0.856. The van der Waals surface area contributed by atoms with E-state index in [2.05, 4.69) is 0 Å². The van der Waals surface area contributed by atoms with Crippen molar-refractivity contribution in [3.63, 3.8) is 0 Å². The first-order chi connectivity index (χ1) is 9.47. The molecule has 1 aromatic rings. The Labute approximate surface area is 116 Å². The molecule has 20 heavy (non-hydrogen) atoms. The second-order valence-corrected chi connectivity index (χ2v) is 5.86. The molecular formula is C15H19F3N2. The van der Waals surface area contributed by atoms with E-state index in [0.29, 0.717) is 6.42 Å². The highest BCUT2D eigenvalue weighted by Gasteiger charge is 2.44. The molecule has 1 fully saturated rings. The lowest BCUT2D eigenvalue weighted by Crippen LogP contribution is -2.43. The first kappa shape index (κ1) is 13.9. The zero-order chi connectivity index (χ0) is 14.3. The molecule has 3 rings (SSSR count). The lowest BCUT2D eigenvalue weighted by molar-refractivity contribution is -0.188. The van der Waals surface area contributed by atoms with E-state index in [1.165, 1.54) is 0 Å². The summed E-state index contributed by atoms with van der Waals surface area (Å²) in [6.07, 6.45) is -2.50. The van der Waals surface area contributed by atoms with Crippen LogP contribution in [-0.2, 0) is 0 Å². The van der Waals surface area contributed by atoms with Crippen molar-refractivity contribution in [1.82, 2.24) is 4.90 Å². The van der Waals surface area contributed by atoms with Crippen LogP contribution in [0.25, 0.3) is 0 Å². The number of fused-ring (bicyclic) bond motifs is 1. The van der Waals surface area contributed by atoms with Crippen LogP contribution in [0.3, 0.4) is 0 Å². The molecule has 1 aromatic carbocycles. The van der Waals surface area contributed by atoms with Gasteiger partial charge in [-0.05, 0) is 36.9 Å². The molecule has 3 atom stereocenters. The lowest BCUT2D eigenvalue weighted by atomic mass is 9.95. The Morgan fingerprint density at radius 2 is 1.85 bits per heavy atom. The minimum Gasteiger partial charge on any atom is -0.324 e. The van der Waals surface area contributed by atoms with Crippen molar-refractivity contribution >= 4 is 0 Å². The van der Waals surface area contributed by atoms with E-state index in [0.717, 1.165) is 24.1 Å². The molecule has 0 aromatic heterocycles. The molecule has 1 aliphatic carbocycles. The summed E-state index contributed by atoms with van der Waals surface area (Å²) in [5, 5.41) is 0. The van der Waals surface area contributed by atoms with Crippen molar-refractivity contribution in [2.45, 2.75) is 37.5 Å². The number of nitrogens with zero attached hydrogens (tertiary/aromatic N) is 1. The van der Waals surface area contributed by atoms with Crippen molar-refractivity contribution in [3.05, 3.63) is 35.4 Å². The molecule has 5 heteroatoms. The van der Waals surface area contributed by atoms with Gasteiger partial charge < -0.3 is 5.73 Å². The molecule has 3 unspecified atom stereocenters. The largest absolute Gasteiger partial charge is 0.393 e. The first-order valence-electron chi connectivity index (χ1n) is 7.12. The molecule has 0 radical (unpaired) electrons. The highest BCUT2D eigenvalue weighted by molar-refractivity contribution is 5.37. The molecule has 2 N–H and O–H groups in total. The second-order valence-electron chi connectivity index (χ2n) is 5.86. The third-order valence-electron chi connectivity index (χ3n) is 4.59. The van der Waals surface area contributed by atoms with E-state index in [1.54, 1.807) is 0 Å². The molecule has 0 spiro atoms. The van der Waals surface area contributed by atoms with Crippen LogP contribution in [0.5, 0.6) is 0 Å². The molecule has 0 bridgehead atoms. The molecular weight excluding hydrogens is 265 g/mol. The Balaban J connectivity index is 1.81. The fourth-order valence-electron chi connectivity index (χ4n) is 3.55.